The second kappa shape index (κ2) is 5.10. The maximum Gasteiger partial charge on any atom is 0.268 e. The first-order valence-electron chi connectivity index (χ1n) is 4.91. The smallest absolute Gasteiger partial charge is 0.268 e. The molecule has 2 aromatic rings. The van der Waals surface area contributed by atoms with Crippen LogP contribution in [0.15, 0.2) is 28.5 Å². The molecule has 0 radical (unpaired) electrons. The summed E-state index contributed by atoms with van der Waals surface area (Å²) >= 11 is 0.855. The highest BCUT2D eigenvalue weighted by Crippen LogP contribution is 2.28. The summed E-state index contributed by atoms with van der Waals surface area (Å²) in [6, 6.07) is 3.03. The summed E-state index contributed by atoms with van der Waals surface area (Å²) in [6.07, 6.45) is 0. The zero-order valence-electron chi connectivity index (χ0n) is 9.55. The monoisotopic (exact) mass is 306 g/mol. The van der Waals surface area contributed by atoms with Crippen molar-refractivity contribution in [3.63, 3.8) is 0 Å². The number of aromatic nitrogens is 1. The number of nitrogens with zero attached hydrogens (tertiary/aromatic N) is 1. The zero-order valence-corrected chi connectivity index (χ0v) is 11.2. The molecule has 1 aromatic heterocycles. The van der Waals surface area contributed by atoms with Crippen LogP contribution in [0.1, 0.15) is 0 Å². The Morgan fingerprint density at radius 1 is 1.32 bits per heavy atom. The van der Waals surface area contributed by atoms with Crippen LogP contribution >= 0.6 is 11.5 Å². The summed E-state index contributed by atoms with van der Waals surface area (Å²) in [7, 11) is -2.92. The SMILES string of the molecule is COc1nscc1S(=O)(=O)Nc1c(F)cccc1F. The largest absolute Gasteiger partial charge is 0.479 e. The summed E-state index contributed by atoms with van der Waals surface area (Å²) < 4.78 is 61.1. The lowest BCUT2D eigenvalue weighted by atomic mass is 10.3. The number of halogens is 2. The number of hydrogen-bond donors (Lipinski definition) is 1. The van der Waals surface area contributed by atoms with Crippen LogP contribution in [0.5, 0.6) is 5.88 Å². The lowest BCUT2D eigenvalue weighted by molar-refractivity contribution is 0.391. The molecule has 5 nitrogen and oxygen atoms in total. The molecule has 0 saturated carbocycles. The summed E-state index contributed by atoms with van der Waals surface area (Å²) in [5.74, 6) is -2.15. The van der Waals surface area contributed by atoms with E-state index in [4.69, 9.17) is 4.74 Å². The Hall–Kier alpha value is -1.74. The van der Waals surface area contributed by atoms with Crippen molar-refractivity contribution in [2.24, 2.45) is 0 Å². The van der Waals surface area contributed by atoms with E-state index in [-0.39, 0.29) is 10.8 Å². The number of anilines is 1. The van der Waals surface area contributed by atoms with Crippen molar-refractivity contribution in [3.05, 3.63) is 35.2 Å². The van der Waals surface area contributed by atoms with Crippen molar-refractivity contribution in [1.82, 2.24) is 4.37 Å². The van der Waals surface area contributed by atoms with Crippen molar-refractivity contribution in [1.29, 1.82) is 0 Å². The molecule has 1 heterocycles. The Bertz CT molecular complexity index is 680. The second-order valence-electron chi connectivity index (χ2n) is 3.39. The van der Waals surface area contributed by atoms with Crippen LogP contribution in [0.25, 0.3) is 0 Å². The molecule has 0 aliphatic heterocycles. The molecule has 0 bridgehead atoms. The summed E-state index contributed by atoms with van der Waals surface area (Å²) in [5, 5.41) is 1.21. The molecule has 0 aliphatic rings. The number of nitrogens with one attached hydrogen (secondary N) is 1. The van der Waals surface area contributed by atoms with Crippen molar-refractivity contribution >= 4 is 27.2 Å². The van der Waals surface area contributed by atoms with Gasteiger partial charge in [0.15, 0.2) is 4.90 Å². The molecule has 0 spiro atoms. The molecule has 1 N–H and O–H groups in total. The summed E-state index contributed by atoms with van der Waals surface area (Å²) in [4.78, 5) is -0.275. The van der Waals surface area contributed by atoms with Gasteiger partial charge in [-0.05, 0) is 23.7 Å². The molecular formula is C10H8F2N2O3S2. The van der Waals surface area contributed by atoms with E-state index in [0.717, 1.165) is 29.7 Å². The molecule has 0 atom stereocenters. The summed E-state index contributed by atoms with van der Waals surface area (Å²) in [5.41, 5.74) is -0.740. The van der Waals surface area contributed by atoms with Gasteiger partial charge in [-0.15, -0.1) is 0 Å². The molecular weight excluding hydrogens is 298 g/mol. The van der Waals surface area contributed by atoms with E-state index in [1.54, 1.807) is 0 Å². The van der Waals surface area contributed by atoms with Crippen molar-refractivity contribution < 1.29 is 21.9 Å². The van der Waals surface area contributed by atoms with Crippen molar-refractivity contribution in [2.45, 2.75) is 4.90 Å². The van der Waals surface area contributed by atoms with E-state index in [2.05, 4.69) is 4.37 Å². The molecule has 102 valence electrons. The van der Waals surface area contributed by atoms with Crippen molar-refractivity contribution in [3.8, 4) is 5.88 Å². The Kier molecular flexibility index (Phi) is 3.67. The molecule has 1 aromatic carbocycles. The van der Waals surface area contributed by atoms with E-state index in [9.17, 15) is 17.2 Å². The van der Waals surface area contributed by atoms with E-state index in [1.165, 1.54) is 12.5 Å². The van der Waals surface area contributed by atoms with E-state index >= 15 is 0 Å². The van der Waals surface area contributed by atoms with Crippen LogP contribution in [0.4, 0.5) is 14.5 Å². The molecule has 2 rings (SSSR count). The van der Waals surface area contributed by atoms with Crippen LogP contribution in [-0.2, 0) is 10.0 Å². The van der Waals surface area contributed by atoms with Gasteiger partial charge in [-0.25, -0.2) is 17.2 Å². The van der Waals surface area contributed by atoms with Gasteiger partial charge in [0.1, 0.15) is 17.3 Å². The molecule has 9 heteroatoms. The molecule has 0 fully saturated rings. The first kappa shape index (κ1) is 13.7. The Morgan fingerprint density at radius 3 is 2.53 bits per heavy atom. The average Bonchev–Trinajstić information content (AvgIpc) is 2.83. The third kappa shape index (κ3) is 2.66. The molecule has 0 aliphatic carbocycles. The van der Waals surface area contributed by atoms with Crippen LogP contribution < -0.4 is 9.46 Å². The van der Waals surface area contributed by atoms with Gasteiger partial charge in [0, 0.05) is 5.38 Å². The maximum absolute atomic E-state index is 13.4. The number of para-hydroxylation sites is 1. The Balaban J connectivity index is 2.43. The predicted molar refractivity (Wildman–Crippen MR) is 65.8 cm³/mol. The topological polar surface area (TPSA) is 68.3 Å². The van der Waals surface area contributed by atoms with E-state index in [0.29, 0.717) is 0 Å². The van der Waals surface area contributed by atoms with Crippen LogP contribution in [-0.4, -0.2) is 19.9 Å². The fourth-order valence-corrected chi connectivity index (χ4v) is 3.46. The lowest BCUT2D eigenvalue weighted by Gasteiger charge is -2.09. The molecule has 0 saturated heterocycles. The lowest BCUT2D eigenvalue weighted by Crippen LogP contribution is -2.15. The third-order valence-electron chi connectivity index (χ3n) is 2.19. The highest BCUT2D eigenvalue weighted by molar-refractivity contribution is 7.93. The molecule has 0 amide bonds. The predicted octanol–water partition coefficient (Wildman–Crippen LogP) is 2.23. The van der Waals surface area contributed by atoms with Gasteiger partial charge in [0.25, 0.3) is 10.0 Å². The average molecular weight is 306 g/mol. The standard InChI is InChI=1S/C10H8F2N2O3S2/c1-17-10-8(5-18-13-10)19(15,16)14-9-6(11)3-2-4-7(9)12/h2-5,14H,1H3. The minimum Gasteiger partial charge on any atom is -0.479 e. The quantitative estimate of drug-likeness (QED) is 0.940. The minimum absolute atomic E-state index is 0.130. The van der Waals surface area contributed by atoms with E-state index in [1.807, 2.05) is 4.72 Å². The zero-order chi connectivity index (χ0) is 14.0. The van der Waals surface area contributed by atoms with Gasteiger partial charge in [0.2, 0.25) is 5.88 Å². The van der Waals surface area contributed by atoms with E-state index < -0.39 is 27.3 Å². The Labute approximate surface area is 112 Å². The molecule has 0 unspecified atom stereocenters. The highest BCUT2D eigenvalue weighted by Gasteiger charge is 2.24. The van der Waals surface area contributed by atoms with Crippen LogP contribution in [0.3, 0.4) is 0 Å². The number of sulfonamides is 1. The van der Waals surface area contributed by atoms with Crippen molar-refractivity contribution in [2.75, 3.05) is 11.8 Å². The fraction of sp³-hybridized carbons (Fsp3) is 0.100. The summed E-state index contributed by atoms with van der Waals surface area (Å²) in [6.45, 7) is 0. The van der Waals surface area contributed by atoms with Crippen LogP contribution in [0.2, 0.25) is 0 Å². The highest BCUT2D eigenvalue weighted by atomic mass is 32.2. The van der Waals surface area contributed by atoms with Gasteiger partial charge in [-0.2, -0.15) is 4.37 Å². The number of ether oxygens (including phenoxy) is 1. The molecule has 19 heavy (non-hydrogen) atoms. The van der Waals surface area contributed by atoms with Crippen LogP contribution in [0, 0.1) is 11.6 Å². The first-order valence-corrected chi connectivity index (χ1v) is 7.23. The van der Waals surface area contributed by atoms with Gasteiger partial charge >= 0.3 is 0 Å². The van der Waals surface area contributed by atoms with Gasteiger partial charge in [-0.3, -0.25) is 4.72 Å². The Morgan fingerprint density at radius 2 is 1.95 bits per heavy atom. The first-order chi connectivity index (χ1) is 8.95. The third-order valence-corrected chi connectivity index (χ3v) is 4.29. The number of methoxy groups -OCH3 is 1. The number of hydrogen-bond acceptors (Lipinski definition) is 5. The van der Waals surface area contributed by atoms with Gasteiger partial charge in [-0.1, -0.05) is 6.07 Å². The number of benzene rings is 1. The second-order valence-corrected chi connectivity index (χ2v) is 5.67. The van der Waals surface area contributed by atoms with Gasteiger partial charge in [0.05, 0.1) is 7.11 Å². The fourth-order valence-electron chi connectivity index (χ4n) is 1.32. The minimum atomic E-state index is -4.16. The number of rotatable bonds is 4. The normalized spacial score (nSPS) is 11.3. The maximum atomic E-state index is 13.4. The van der Waals surface area contributed by atoms with Gasteiger partial charge < -0.3 is 4.74 Å².